The van der Waals surface area contributed by atoms with Crippen LogP contribution in [0.2, 0.25) is 0 Å². The van der Waals surface area contributed by atoms with E-state index in [-0.39, 0.29) is 11.1 Å². The Labute approximate surface area is 154 Å². The van der Waals surface area contributed by atoms with Gasteiger partial charge in [0.2, 0.25) is 0 Å². The number of hydrogen-bond donors (Lipinski definition) is 0. The van der Waals surface area contributed by atoms with Crippen LogP contribution >= 0.6 is 0 Å². The molecule has 0 bridgehead atoms. The highest BCUT2D eigenvalue weighted by atomic mass is 19.2. The molecule has 0 heterocycles. The zero-order valence-electron chi connectivity index (χ0n) is 15.3. The minimum atomic E-state index is -1.07. The van der Waals surface area contributed by atoms with E-state index in [0.29, 0.717) is 11.5 Å². The van der Waals surface area contributed by atoms with Gasteiger partial charge in [0.1, 0.15) is 6.07 Å². The molecular weight excluding hydrogens is 328 g/mol. The van der Waals surface area contributed by atoms with Crippen molar-refractivity contribution < 1.29 is 8.78 Å². The molecule has 1 saturated carbocycles. The third kappa shape index (κ3) is 3.96. The van der Waals surface area contributed by atoms with Gasteiger partial charge in [0, 0.05) is 5.56 Å². The van der Waals surface area contributed by atoms with Gasteiger partial charge in [-0.15, -0.1) is 0 Å². The molecule has 0 unspecified atom stereocenters. The molecule has 0 aromatic heterocycles. The van der Waals surface area contributed by atoms with Crippen molar-refractivity contribution in [2.75, 3.05) is 0 Å². The van der Waals surface area contributed by atoms with Crippen LogP contribution in [0.4, 0.5) is 8.78 Å². The van der Waals surface area contributed by atoms with Crippen LogP contribution in [-0.4, -0.2) is 0 Å². The summed E-state index contributed by atoms with van der Waals surface area (Å²) in [4.78, 5) is 0. The van der Waals surface area contributed by atoms with Gasteiger partial charge in [-0.2, -0.15) is 5.26 Å². The molecule has 0 aliphatic heterocycles. The Kier molecular flexibility index (Phi) is 6.04. The first-order valence-corrected chi connectivity index (χ1v) is 9.62. The second-order valence-electron chi connectivity index (χ2n) is 7.38. The molecule has 1 fully saturated rings. The zero-order valence-corrected chi connectivity index (χ0v) is 15.3. The first kappa shape index (κ1) is 18.6. The molecule has 136 valence electrons. The average Bonchev–Trinajstić information content (AvgIpc) is 2.69. The van der Waals surface area contributed by atoms with E-state index in [2.05, 4.69) is 6.92 Å². The van der Waals surface area contributed by atoms with Crippen LogP contribution in [0.5, 0.6) is 0 Å². The third-order valence-electron chi connectivity index (χ3n) is 5.71. The van der Waals surface area contributed by atoms with Crippen molar-refractivity contribution in [2.24, 2.45) is 5.92 Å². The fourth-order valence-electron chi connectivity index (χ4n) is 4.07. The maximum absolute atomic E-state index is 14.2. The van der Waals surface area contributed by atoms with Gasteiger partial charge in [-0.25, -0.2) is 8.78 Å². The van der Waals surface area contributed by atoms with E-state index >= 15 is 0 Å². The fourth-order valence-corrected chi connectivity index (χ4v) is 4.07. The minimum Gasteiger partial charge on any atom is -0.203 e. The van der Waals surface area contributed by atoms with Crippen LogP contribution in [0.1, 0.15) is 68.9 Å². The van der Waals surface area contributed by atoms with Gasteiger partial charge in [0.15, 0.2) is 11.6 Å². The van der Waals surface area contributed by atoms with Crippen molar-refractivity contribution in [3.8, 4) is 17.2 Å². The Balaban J connectivity index is 1.70. The van der Waals surface area contributed by atoms with Crippen molar-refractivity contribution in [2.45, 2.75) is 57.8 Å². The van der Waals surface area contributed by atoms with Crippen molar-refractivity contribution >= 4 is 0 Å². The van der Waals surface area contributed by atoms with E-state index in [0.717, 1.165) is 5.92 Å². The molecule has 26 heavy (non-hydrogen) atoms. The van der Waals surface area contributed by atoms with E-state index in [1.165, 1.54) is 62.6 Å². The van der Waals surface area contributed by atoms with Crippen LogP contribution in [0, 0.1) is 28.9 Å². The van der Waals surface area contributed by atoms with Gasteiger partial charge in [0.25, 0.3) is 0 Å². The molecule has 1 aliphatic rings. The van der Waals surface area contributed by atoms with E-state index < -0.39 is 11.6 Å². The van der Waals surface area contributed by atoms with E-state index in [1.54, 1.807) is 6.07 Å². The van der Waals surface area contributed by atoms with E-state index in [9.17, 15) is 8.78 Å². The number of rotatable bonds is 5. The summed E-state index contributed by atoms with van der Waals surface area (Å²) in [5, 5.41) is 8.79. The highest BCUT2D eigenvalue weighted by Crippen LogP contribution is 2.38. The zero-order chi connectivity index (χ0) is 18.5. The normalized spacial score (nSPS) is 19.9. The summed E-state index contributed by atoms with van der Waals surface area (Å²) >= 11 is 0. The molecular formula is C23H25F2N. The molecule has 1 nitrogen and oxygen atoms in total. The second kappa shape index (κ2) is 8.45. The summed E-state index contributed by atoms with van der Waals surface area (Å²) < 4.78 is 28.1. The molecule has 1 aliphatic carbocycles. The first-order chi connectivity index (χ1) is 12.6. The number of benzene rings is 2. The number of nitriles is 1. The highest BCUT2D eigenvalue weighted by molar-refractivity contribution is 5.65. The summed E-state index contributed by atoms with van der Waals surface area (Å²) in [5.41, 5.74) is 1.88. The smallest absolute Gasteiger partial charge is 0.177 e. The summed E-state index contributed by atoms with van der Waals surface area (Å²) in [6.07, 6.45) is 8.97. The van der Waals surface area contributed by atoms with Crippen molar-refractivity contribution in [3.63, 3.8) is 0 Å². The molecule has 0 amide bonds. The molecule has 0 saturated heterocycles. The van der Waals surface area contributed by atoms with Crippen molar-refractivity contribution in [3.05, 3.63) is 59.2 Å². The lowest BCUT2D eigenvalue weighted by Crippen LogP contribution is -2.13. The lowest BCUT2D eigenvalue weighted by Gasteiger charge is -2.29. The van der Waals surface area contributed by atoms with Gasteiger partial charge in [0.05, 0.1) is 5.56 Å². The maximum atomic E-state index is 14.2. The molecule has 0 atom stereocenters. The Bertz CT molecular complexity index is 781. The summed E-state index contributed by atoms with van der Waals surface area (Å²) in [6.45, 7) is 2.25. The van der Waals surface area contributed by atoms with Crippen LogP contribution in [0.15, 0.2) is 36.4 Å². The number of halogens is 2. The van der Waals surface area contributed by atoms with Gasteiger partial charge < -0.3 is 0 Å². The quantitative estimate of drug-likeness (QED) is 0.569. The third-order valence-corrected chi connectivity index (χ3v) is 5.71. The Morgan fingerprint density at radius 1 is 0.962 bits per heavy atom. The topological polar surface area (TPSA) is 23.8 Å². The average molecular weight is 353 g/mol. The highest BCUT2D eigenvalue weighted by Gasteiger charge is 2.22. The number of hydrogen-bond acceptors (Lipinski definition) is 1. The van der Waals surface area contributed by atoms with E-state index in [1.807, 2.05) is 24.3 Å². The number of unbranched alkanes of at least 4 members (excludes halogenated alkanes) is 1. The molecule has 2 aromatic rings. The first-order valence-electron chi connectivity index (χ1n) is 9.62. The van der Waals surface area contributed by atoms with E-state index in [4.69, 9.17) is 5.26 Å². The van der Waals surface area contributed by atoms with Gasteiger partial charge in [-0.05, 0) is 60.8 Å². The minimum absolute atomic E-state index is 0.205. The van der Waals surface area contributed by atoms with Gasteiger partial charge in [-0.1, -0.05) is 50.5 Å². The monoisotopic (exact) mass is 353 g/mol. The molecule has 0 radical (unpaired) electrons. The second-order valence-corrected chi connectivity index (χ2v) is 7.38. The van der Waals surface area contributed by atoms with Crippen LogP contribution in [0.25, 0.3) is 11.1 Å². The largest absolute Gasteiger partial charge is 0.203 e. The standard InChI is InChI=1S/C23H25F2N/c1-2-3-4-16-5-7-17(8-6-16)18-9-11-19(12-10-18)21-14-13-20(15-26)22(24)23(21)25/h9-14,16-17H,2-8H2,1H3/t16-,17-. The molecule has 0 N–H and O–H groups in total. The van der Waals surface area contributed by atoms with Crippen molar-refractivity contribution in [1.82, 2.24) is 0 Å². The fraction of sp³-hybridized carbons (Fsp3) is 0.435. The Morgan fingerprint density at radius 3 is 2.27 bits per heavy atom. The SMILES string of the molecule is CCCC[C@H]1CC[C@H](c2ccc(-c3ccc(C#N)c(F)c3F)cc2)CC1. The van der Waals surface area contributed by atoms with Crippen LogP contribution in [-0.2, 0) is 0 Å². The summed E-state index contributed by atoms with van der Waals surface area (Å²) in [7, 11) is 0. The van der Waals surface area contributed by atoms with Crippen LogP contribution in [0.3, 0.4) is 0 Å². The Hall–Kier alpha value is -2.21. The lowest BCUT2D eigenvalue weighted by molar-refractivity contribution is 0.304. The van der Waals surface area contributed by atoms with Crippen molar-refractivity contribution in [1.29, 1.82) is 5.26 Å². The van der Waals surface area contributed by atoms with Gasteiger partial charge >= 0.3 is 0 Å². The van der Waals surface area contributed by atoms with Gasteiger partial charge in [-0.3, -0.25) is 0 Å². The number of nitrogens with zero attached hydrogens (tertiary/aromatic N) is 1. The lowest BCUT2D eigenvalue weighted by atomic mass is 9.77. The maximum Gasteiger partial charge on any atom is 0.177 e. The molecule has 3 rings (SSSR count). The Morgan fingerprint density at radius 2 is 1.65 bits per heavy atom. The summed E-state index contributed by atoms with van der Waals surface area (Å²) in [5.74, 6) is -0.571. The molecule has 0 spiro atoms. The predicted octanol–water partition coefficient (Wildman–Crippen LogP) is 6.97. The predicted molar refractivity (Wildman–Crippen MR) is 101 cm³/mol. The van der Waals surface area contributed by atoms with Crippen LogP contribution < -0.4 is 0 Å². The summed E-state index contributed by atoms with van der Waals surface area (Å²) in [6, 6.07) is 12.3. The molecule has 2 aromatic carbocycles. The molecule has 3 heteroatoms.